The summed E-state index contributed by atoms with van der Waals surface area (Å²) in [5.74, 6) is 0.560. The molecule has 0 aliphatic carbocycles. The van der Waals surface area contributed by atoms with Gasteiger partial charge in [-0.3, -0.25) is 0 Å². The Balaban J connectivity index is 2.24. The summed E-state index contributed by atoms with van der Waals surface area (Å²) >= 11 is 9.91. The Hall–Kier alpha value is -0.0100. The third kappa shape index (κ3) is 6.81. The molecule has 0 bridgehead atoms. The minimum atomic E-state index is 0.560. The quantitative estimate of drug-likeness (QED) is 0.317. The van der Waals surface area contributed by atoms with Crippen LogP contribution in [0.2, 0.25) is 5.02 Å². The standard InChI is InChI=1S/C17H26BrCl/c1-2-3-4-5-6-7-8-11-15(14-18)16-12-9-10-13-17(16)19/h9-10,12-13,15H,2-8,11,14H2,1H3. The maximum Gasteiger partial charge on any atom is 0.0441 e. The van der Waals surface area contributed by atoms with E-state index in [1.807, 2.05) is 12.1 Å². The number of alkyl halides is 1. The molecule has 0 fully saturated rings. The van der Waals surface area contributed by atoms with Gasteiger partial charge in [-0.1, -0.05) is 97.6 Å². The third-order valence-corrected chi connectivity index (χ3v) is 4.81. The zero-order valence-electron chi connectivity index (χ0n) is 12.0. The minimum Gasteiger partial charge on any atom is -0.0921 e. The van der Waals surface area contributed by atoms with E-state index in [2.05, 4.69) is 35.0 Å². The van der Waals surface area contributed by atoms with Crippen LogP contribution in [0.5, 0.6) is 0 Å². The second-order valence-electron chi connectivity index (χ2n) is 5.28. The second-order valence-corrected chi connectivity index (χ2v) is 6.34. The summed E-state index contributed by atoms with van der Waals surface area (Å²) in [5.41, 5.74) is 1.30. The van der Waals surface area contributed by atoms with Gasteiger partial charge in [0.15, 0.2) is 0 Å². The number of hydrogen-bond donors (Lipinski definition) is 0. The highest BCUT2D eigenvalue weighted by molar-refractivity contribution is 9.09. The van der Waals surface area contributed by atoms with Crippen molar-refractivity contribution in [2.75, 3.05) is 5.33 Å². The van der Waals surface area contributed by atoms with E-state index in [9.17, 15) is 0 Å². The smallest absolute Gasteiger partial charge is 0.0441 e. The summed E-state index contributed by atoms with van der Waals surface area (Å²) in [6.07, 6.45) is 10.8. The largest absolute Gasteiger partial charge is 0.0921 e. The molecule has 0 saturated heterocycles. The van der Waals surface area contributed by atoms with Gasteiger partial charge in [-0.15, -0.1) is 0 Å². The first-order chi connectivity index (χ1) is 9.29. The molecule has 1 aromatic rings. The van der Waals surface area contributed by atoms with Gasteiger partial charge >= 0.3 is 0 Å². The fourth-order valence-electron chi connectivity index (χ4n) is 2.47. The van der Waals surface area contributed by atoms with Crippen molar-refractivity contribution in [1.82, 2.24) is 0 Å². The molecule has 0 aromatic heterocycles. The lowest BCUT2D eigenvalue weighted by atomic mass is 9.94. The molecule has 2 heteroatoms. The molecule has 0 saturated carbocycles. The Kier molecular flexibility index (Phi) is 9.63. The van der Waals surface area contributed by atoms with Crippen LogP contribution in [0.3, 0.4) is 0 Å². The molecule has 0 aliphatic rings. The summed E-state index contributed by atoms with van der Waals surface area (Å²) in [5, 5.41) is 1.92. The number of rotatable bonds is 10. The summed E-state index contributed by atoms with van der Waals surface area (Å²) in [6, 6.07) is 8.25. The highest BCUT2D eigenvalue weighted by atomic mass is 79.9. The molecule has 1 rings (SSSR count). The van der Waals surface area contributed by atoms with Crippen LogP contribution >= 0.6 is 27.5 Å². The molecular weight excluding hydrogens is 320 g/mol. The number of unbranched alkanes of at least 4 members (excludes halogenated alkanes) is 6. The SMILES string of the molecule is CCCCCCCCCC(CBr)c1ccccc1Cl. The third-order valence-electron chi connectivity index (χ3n) is 3.69. The van der Waals surface area contributed by atoms with Crippen molar-refractivity contribution in [3.05, 3.63) is 34.9 Å². The summed E-state index contributed by atoms with van der Waals surface area (Å²) in [4.78, 5) is 0. The maximum absolute atomic E-state index is 6.27. The van der Waals surface area contributed by atoms with Gasteiger partial charge in [0, 0.05) is 10.4 Å². The van der Waals surface area contributed by atoms with E-state index < -0.39 is 0 Å². The molecule has 0 radical (unpaired) electrons. The lowest BCUT2D eigenvalue weighted by molar-refractivity contribution is 0.553. The van der Waals surface area contributed by atoms with Gasteiger partial charge < -0.3 is 0 Å². The molecule has 0 heterocycles. The summed E-state index contributed by atoms with van der Waals surface area (Å²) in [6.45, 7) is 2.27. The van der Waals surface area contributed by atoms with E-state index in [-0.39, 0.29) is 0 Å². The van der Waals surface area contributed by atoms with Crippen molar-refractivity contribution in [2.45, 2.75) is 64.2 Å². The fraction of sp³-hybridized carbons (Fsp3) is 0.647. The zero-order chi connectivity index (χ0) is 13.9. The Morgan fingerprint density at radius 3 is 2.26 bits per heavy atom. The summed E-state index contributed by atoms with van der Waals surface area (Å²) < 4.78 is 0. The molecule has 0 aliphatic heterocycles. The van der Waals surface area contributed by atoms with Crippen molar-refractivity contribution >= 4 is 27.5 Å². The predicted molar refractivity (Wildman–Crippen MR) is 90.6 cm³/mol. The van der Waals surface area contributed by atoms with Gasteiger partial charge in [0.2, 0.25) is 0 Å². The van der Waals surface area contributed by atoms with Crippen LogP contribution < -0.4 is 0 Å². The predicted octanol–water partition coefficient (Wildman–Crippen LogP) is 6.96. The van der Waals surface area contributed by atoms with E-state index in [0.717, 1.165) is 10.4 Å². The average Bonchev–Trinajstić information content (AvgIpc) is 2.43. The molecule has 1 unspecified atom stereocenters. The van der Waals surface area contributed by atoms with Crippen molar-refractivity contribution < 1.29 is 0 Å². The van der Waals surface area contributed by atoms with E-state index in [1.54, 1.807) is 0 Å². The van der Waals surface area contributed by atoms with Gasteiger partial charge in [0.05, 0.1) is 0 Å². The average molecular weight is 346 g/mol. The number of benzene rings is 1. The fourth-order valence-corrected chi connectivity index (χ4v) is 3.43. The molecule has 1 atom stereocenters. The highest BCUT2D eigenvalue weighted by Gasteiger charge is 2.12. The summed E-state index contributed by atoms with van der Waals surface area (Å²) in [7, 11) is 0. The number of halogens is 2. The molecule has 0 amide bonds. The van der Waals surface area contributed by atoms with Crippen molar-refractivity contribution in [2.24, 2.45) is 0 Å². The molecule has 0 nitrogen and oxygen atoms in total. The van der Waals surface area contributed by atoms with Crippen LogP contribution in [0.4, 0.5) is 0 Å². The first-order valence-corrected chi connectivity index (χ1v) is 9.10. The molecule has 0 N–H and O–H groups in total. The Morgan fingerprint density at radius 1 is 1.00 bits per heavy atom. The topological polar surface area (TPSA) is 0 Å². The Bertz CT molecular complexity index is 338. The monoisotopic (exact) mass is 344 g/mol. The van der Waals surface area contributed by atoms with Gasteiger partial charge in [-0.05, 0) is 24.0 Å². The first-order valence-electron chi connectivity index (χ1n) is 7.60. The van der Waals surface area contributed by atoms with Gasteiger partial charge in [-0.25, -0.2) is 0 Å². The van der Waals surface area contributed by atoms with Crippen LogP contribution in [-0.4, -0.2) is 5.33 Å². The van der Waals surface area contributed by atoms with Crippen molar-refractivity contribution in [1.29, 1.82) is 0 Å². The lowest BCUT2D eigenvalue weighted by Gasteiger charge is -2.15. The van der Waals surface area contributed by atoms with Crippen LogP contribution in [-0.2, 0) is 0 Å². The molecule has 0 spiro atoms. The normalized spacial score (nSPS) is 12.6. The Labute approximate surface area is 132 Å². The second kappa shape index (κ2) is 10.7. The van der Waals surface area contributed by atoms with E-state index in [4.69, 9.17) is 11.6 Å². The lowest BCUT2D eigenvalue weighted by Crippen LogP contribution is -2.01. The van der Waals surface area contributed by atoms with Crippen molar-refractivity contribution in [3.8, 4) is 0 Å². The van der Waals surface area contributed by atoms with Gasteiger partial charge in [-0.2, -0.15) is 0 Å². The van der Waals surface area contributed by atoms with Crippen molar-refractivity contribution in [3.63, 3.8) is 0 Å². The van der Waals surface area contributed by atoms with E-state index >= 15 is 0 Å². The molecule has 1 aromatic carbocycles. The molecule has 19 heavy (non-hydrogen) atoms. The zero-order valence-corrected chi connectivity index (χ0v) is 14.3. The number of hydrogen-bond acceptors (Lipinski definition) is 0. The Morgan fingerprint density at radius 2 is 1.63 bits per heavy atom. The van der Waals surface area contributed by atoms with Crippen LogP contribution in [0, 0.1) is 0 Å². The molecule has 108 valence electrons. The van der Waals surface area contributed by atoms with E-state index in [1.165, 1.54) is 56.9 Å². The maximum atomic E-state index is 6.27. The van der Waals surface area contributed by atoms with Gasteiger partial charge in [0.1, 0.15) is 0 Å². The first kappa shape index (κ1) is 17.0. The molecular formula is C17H26BrCl. The van der Waals surface area contributed by atoms with Crippen LogP contribution in [0.1, 0.15) is 69.8 Å². The highest BCUT2D eigenvalue weighted by Crippen LogP contribution is 2.30. The van der Waals surface area contributed by atoms with Crippen LogP contribution in [0.15, 0.2) is 24.3 Å². The van der Waals surface area contributed by atoms with Gasteiger partial charge in [0.25, 0.3) is 0 Å². The van der Waals surface area contributed by atoms with E-state index in [0.29, 0.717) is 5.92 Å². The van der Waals surface area contributed by atoms with Crippen LogP contribution in [0.25, 0.3) is 0 Å². The minimum absolute atomic E-state index is 0.560.